The number of nitrogens with zero attached hydrogens (tertiary/aromatic N) is 1. The number of benzene rings is 9. The first kappa shape index (κ1) is 31.2. The first-order valence-electron chi connectivity index (χ1n) is 18.7. The lowest BCUT2D eigenvalue weighted by atomic mass is 9.98. The molecule has 0 aliphatic rings. The van der Waals surface area contributed by atoms with Gasteiger partial charge in [-0.15, -0.1) is 0 Å². The van der Waals surface area contributed by atoms with Gasteiger partial charge in [-0.2, -0.15) is 0 Å². The summed E-state index contributed by atoms with van der Waals surface area (Å²) < 4.78 is 13.2. The van der Waals surface area contributed by atoms with Crippen LogP contribution in [0.2, 0.25) is 0 Å². The summed E-state index contributed by atoms with van der Waals surface area (Å²) in [5.74, 6) is 0. The van der Waals surface area contributed by atoms with Crippen molar-refractivity contribution in [3.05, 3.63) is 200 Å². The predicted octanol–water partition coefficient (Wildman–Crippen LogP) is 15.1. The standard InChI is InChI=1S/C52H33NO2/c1-2-12-35(13-3-1)43-21-10-22-46-47-33-38(28-31-50(47)54-51(43)46)37-16-8-17-40(32-37)53(48-24-11-23-45-44-19-6-7-25-49(44)55-52(45)48)39-29-26-36(27-30-39)42-20-9-15-34-14-4-5-18-41(34)42/h1-33H. The predicted molar refractivity (Wildman–Crippen MR) is 229 cm³/mol. The van der Waals surface area contributed by atoms with E-state index in [-0.39, 0.29) is 0 Å². The summed E-state index contributed by atoms with van der Waals surface area (Å²) in [6.07, 6.45) is 0. The van der Waals surface area contributed by atoms with Gasteiger partial charge in [-0.05, 0) is 87.1 Å². The summed E-state index contributed by atoms with van der Waals surface area (Å²) in [4.78, 5) is 2.32. The molecule has 0 aliphatic heterocycles. The lowest BCUT2D eigenvalue weighted by molar-refractivity contribution is 0.669. The highest BCUT2D eigenvalue weighted by Crippen LogP contribution is 2.44. The van der Waals surface area contributed by atoms with E-state index in [9.17, 15) is 0 Å². The van der Waals surface area contributed by atoms with Crippen LogP contribution < -0.4 is 4.90 Å². The topological polar surface area (TPSA) is 29.5 Å². The van der Waals surface area contributed by atoms with Crippen LogP contribution in [0.15, 0.2) is 209 Å². The Morgan fingerprint density at radius 3 is 1.78 bits per heavy atom. The van der Waals surface area contributed by atoms with Gasteiger partial charge in [0.15, 0.2) is 5.58 Å². The zero-order valence-corrected chi connectivity index (χ0v) is 29.8. The molecule has 0 unspecified atom stereocenters. The Morgan fingerprint density at radius 2 is 0.891 bits per heavy atom. The maximum atomic E-state index is 6.63. The summed E-state index contributed by atoms with van der Waals surface area (Å²) in [5, 5.41) is 6.89. The quantitative estimate of drug-likeness (QED) is 0.173. The van der Waals surface area contributed by atoms with E-state index in [4.69, 9.17) is 8.83 Å². The lowest BCUT2D eigenvalue weighted by Gasteiger charge is -2.26. The van der Waals surface area contributed by atoms with E-state index >= 15 is 0 Å². The first-order valence-corrected chi connectivity index (χ1v) is 18.7. The van der Waals surface area contributed by atoms with Crippen molar-refractivity contribution in [3.63, 3.8) is 0 Å². The fourth-order valence-corrected chi connectivity index (χ4v) is 8.25. The molecule has 11 aromatic rings. The van der Waals surface area contributed by atoms with Gasteiger partial charge in [-0.25, -0.2) is 0 Å². The minimum Gasteiger partial charge on any atom is -0.455 e. The third-order valence-corrected chi connectivity index (χ3v) is 10.9. The monoisotopic (exact) mass is 703 g/mol. The van der Waals surface area contributed by atoms with E-state index < -0.39 is 0 Å². The van der Waals surface area contributed by atoms with Crippen LogP contribution in [0.4, 0.5) is 17.1 Å². The van der Waals surface area contributed by atoms with Crippen LogP contribution in [-0.2, 0) is 0 Å². The van der Waals surface area contributed by atoms with Crippen molar-refractivity contribution in [1.29, 1.82) is 0 Å². The average molecular weight is 704 g/mol. The Balaban J connectivity index is 1.06. The van der Waals surface area contributed by atoms with Gasteiger partial charge in [0.05, 0.1) is 5.69 Å². The van der Waals surface area contributed by atoms with Gasteiger partial charge in [-0.1, -0.05) is 152 Å². The molecule has 0 saturated carbocycles. The van der Waals surface area contributed by atoms with Crippen molar-refractivity contribution >= 4 is 71.7 Å². The third kappa shape index (κ3) is 5.20. The molecule has 0 spiro atoms. The van der Waals surface area contributed by atoms with E-state index in [2.05, 4.69) is 187 Å². The largest absolute Gasteiger partial charge is 0.455 e. The maximum Gasteiger partial charge on any atom is 0.159 e. The summed E-state index contributed by atoms with van der Waals surface area (Å²) in [6, 6.07) is 70.9. The summed E-state index contributed by atoms with van der Waals surface area (Å²) >= 11 is 0. The molecule has 0 aliphatic carbocycles. The number of hydrogen-bond acceptors (Lipinski definition) is 3. The molecule has 0 amide bonds. The normalized spacial score (nSPS) is 11.6. The van der Waals surface area contributed by atoms with Gasteiger partial charge in [0, 0.05) is 38.5 Å². The Labute approximate surface area is 317 Å². The average Bonchev–Trinajstić information content (AvgIpc) is 3.83. The van der Waals surface area contributed by atoms with Crippen LogP contribution in [0.1, 0.15) is 0 Å². The molecule has 3 nitrogen and oxygen atoms in total. The smallest absolute Gasteiger partial charge is 0.159 e. The number of hydrogen-bond donors (Lipinski definition) is 0. The van der Waals surface area contributed by atoms with Crippen molar-refractivity contribution in [3.8, 4) is 33.4 Å². The highest BCUT2D eigenvalue weighted by molar-refractivity contribution is 6.12. The molecular formula is C52H33NO2. The van der Waals surface area contributed by atoms with Crippen molar-refractivity contribution < 1.29 is 8.83 Å². The van der Waals surface area contributed by atoms with Gasteiger partial charge in [0.25, 0.3) is 0 Å². The molecule has 2 heterocycles. The first-order chi connectivity index (χ1) is 27.3. The van der Waals surface area contributed by atoms with Crippen LogP contribution in [0.25, 0.3) is 88.0 Å². The highest BCUT2D eigenvalue weighted by atomic mass is 16.3. The molecule has 258 valence electrons. The summed E-state index contributed by atoms with van der Waals surface area (Å²) in [5.41, 5.74) is 13.4. The highest BCUT2D eigenvalue weighted by Gasteiger charge is 2.20. The Bertz CT molecular complexity index is 3200. The molecule has 0 N–H and O–H groups in total. The number of furan rings is 2. The van der Waals surface area contributed by atoms with Crippen molar-refractivity contribution in [2.24, 2.45) is 0 Å². The number of fused-ring (bicyclic) bond motifs is 7. The van der Waals surface area contributed by atoms with E-state index in [1.165, 1.54) is 21.9 Å². The fourth-order valence-electron chi connectivity index (χ4n) is 8.25. The number of anilines is 3. The van der Waals surface area contributed by atoms with Gasteiger partial charge in [-0.3, -0.25) is 0 Å². The SMILES string of the molecule is c1ccc(-c2cccc3c2oc2ccc(-c4cccc(N(c5ccc(-c6cccc7ccccc67)cc5)c5cccc6c5oc5ccccc56)c4)cc23)cc1. The number of para-hydroxylation sites is 3. The Morgan fingerprint density at radius 1 is 0.309 bits per heavy atom. The molecule has 0 saturated heterocycles. The van der Waals surface area contributed by atoms with Gasteiger partial charge in [0.1, 0.15) is 16.7 Å². The zero-order chi connectivity index (χ0) is 36.3. The second-order valence-corrected chi connectivity index (χ2v) is 14.1. The Kier molecular flexibility index (Phi) is 7.17. The molecule has 0 bridgehead atoms. The van der Waals surface area contributed by atoms with Gasteiger partial charge in [0.2, 0.25) is 0 Å². The van der Waals surface area contributed by atoms with Crippen LogP contribution in [0.3, 0.4) is 0 Å². The van der Waals surface area contributed by atoms with E-state index in [1.54, 1.807) is 0 Å². The van der Waals surface area contributed by atoms with Crippen molar-refractivity contribution in [2.75, 3.05) is 4.90 Å². The molecule has 0 atom stereocenters. The minimum absolute atomic E-state index is 0.854. The minimum atomic E-state index is 0.854. The molecule has 11 rings (SSSR count). The molecule has 0 radical (unpaired) electrons. The Hall–Kier alpha value is -7.36. The van der Waals surface area contributed by atoms with Crippen LogP contribution >= 0.6 is 0 Å². The van der Waals surface area contributed by atoms with Crippen LogP contribution in [0.5, 0.6) is 0 Å². The number of rotatable bonds is 6. The fraction of sp³-hybridized carbons (Fsp3) is 0. The van der Waals surface area contributed by atoms with Crippen LogP contribution in [0, 0.1) is 0 Å². The summed E-state index contributed by atoms with van der Waals surface area (Å²) in [6.45, 7) is 0. The summed E-state index contributed by atoms with van der Waals surface area (Å²) in [7, 11) is 0. The van der Waals surface area contributed by atoms with Crippen molar-refractivity contribution in [1.82, 2.24) is 0 Å². The second kappa shape index (κ2) is 12.6. The van der Waals surface area contributed by atoms with Gasteiger partial charge < -0.3 is 13.7 Å². The maximum absolute atomic E-state index is 6.63. The second-order valence-electron chi connectivity index (χ2n) is 14.1. The molecule has 55 heavy (non-hydrogen) atoms. The van der Waals surface area contributed by atoms with E-state index in [0.717, 1.165) is 83.2 Å². The van der Waals surface area contributed by atoms with E-state index in [0.29, 0.717) is 0 Å². The van der Waals surface area contributed by atoms with Gasteiger partial charge >= 0.3 is 0 Å². The molecule has 3 heteroatoms. The molecular weight excluding hydrogens is 671 g/mol. The molecule has 9 aromatic carbocycles. The molecule has 0 fully saturated rings. The third-order valence-electron chi connectivity index (χ3n) is 10.9. The lowest BCUT2D eigenvalue weighted by Crippen LogP contribution is -2.10. The zero-order valence-electron chi connectivity index (χ0n) is 29.8. The van der Waals surface area contributed by atoms with Crippen LogP contribution in [-0.4, -0.2) is 0 Å². The van der Waals surface area contributed by atoms with Crippen molar-refractivity contribution in [2.45, 2.75) is 0 Å². The van der Waals surface area contributed by atoms with E-state index in [1.807, 2.05) is 18.2 Å². The molecule has 2 aromatic heterocycles.